The fraction of sp³-hybridized carbons (Fsp3) is 0.273. The molecule has 0 aliphatic rings. The average molecular weight is 413 g/mol. The summed E-state index contributed by atoms with van der Waals surface area (Å²) < 4.78 is 5.71. The summed E-state index contributed by atoms with van der Waals surface area (Å²) in [5, 5.41) is 5.99. The van der Waals surface area contributed by atoms with Crippen LogP contribution in [0.5, 0.6) is 5.75 Å². The van der Waals surface area contributed by atoms with Gasteiger partial charge in [0.25, 0.3) is 5.91 Å². The SMILES string of the molecule is Cc1ccc(CSCCNC(=O)c2ccc(OCc3csc(C)n3)cc2)cc1. The maximum atomic E-state index is 12.2. The van der Waals surface area contributed by atoms with Crippen LogP contribution in [0.3, 0.4) is 0 Å². The summed E-state index contributed by atoms with van der Waals surface area (Å²) in [5.74, 6) is 2.52. The normalized spacial score (nSPS) is 10.6. The maximum Gasteiger partial charge on any atom is 0.251 e. The highest BCUT2D eigenvalue weighted by atomic mass is 32.2. The van der Waals surface area contributed by atoms with Crippen LogP contribution >= 0.6 is 23.1 Å². The first-order valence-electron chi connectivity index (χ1n) is 9.15. The molecule has 1 amide bonds. The second kappa shape index (κ2) is 10.3. The van der Waals surface area contributed by atoms with Crippen molar-refractivity contribution in [2.24, 2.45) is 0 Å². The number of aryl methyl sites for hydroxylation is 2. The number of thiazole rings is 1. The largest absolute Gasteiger partial charge is 0.487 e. The molecule has 1 N–H and O–H groups in total. The highest BCUT2D eigenvalue weighted by Crippen LogP contribution is 2.16. The van der Waals surface area contributed by atoms with Crippen molar-refractivity contribution in [1.29, 1.82) is 0 Å². The Hall–Kier alpha value is -2.31. The van der Waals surface area contributed by atoms with Crippen molar-refractivity contribution in [1.82, 2.24) is 10.3 Å². The number of amides is 1. The zero-order valence-electron chi connectivity index (χ0n) is 16.1. The van der Waals surface area contributed by atoms with Crippen LogP contribution in [0.4, 0.5) is 0 Å². The molecule has 0 fully saturated rings. The molecule has 6 heteroatoms. The Kier molecular flexibility index (Phi) is 7.51. The van der Waals surface area contributed by atoms with Crippen LogP contribution < -0.4 is 10.1 Å². The maximum absolute atomic E-state index is 12.2. The molecule has 3 rings (SSSR count). The smallest absolute Gasteiger partial charge is 0.251 e. The Morgan fingerprint density at radius 1 is 1.11 bits per heavy atom. The van der Waals surface area contributed by atoms with Crippen LogP contribution in [-0.4, -0.2) is 23.2 Å². The van der Waals surface area contributed by atoms with Crippen LogP contribution in [0.1, 0.15) is 32.2 Å². The molecule has 0 aliphatic carbocycles. The molecule has 146 valence electrons. The van der Waals surface area contributed by atoms with Gasteiger partial charge in [0.1, 0.15) is 12.4 Å². The molecule has 4 nitrogen and oxygen atoms in total. The second-order valence-corrected chi connectivity index (χ2v) is 8.63. The Bertz CT molecular complexity index is 890. The minimum absolute atomic E-state index is 0.0578. The first kappa shape index (κ1) is 20.4. The second-order valence-electron chi connectivity index (χ2n) is 6.46. The van der Waals surface area contributed by atoms with Crippen LogP contribution in [0, 0.1) is 13.8 Å². The first-order valence-corrected chi connectivity index (χ1v) is 11.2. The number of hydrogen-bond acceptors (Lipinski definition) is 5. The minimum Gasteiger partial charge on any atom is -0.487 e. The standard InChI is InChI=1S/C22H24N2O2S2/c1-16-3-5-18(6-4-16)14-27-12-11-23-22(25)19-7-9-21(10-8-19)26-13-20-15-28-17(2)24-20/h3-10,15H,11-14H2,1-2H3,(H,23,25). The van der Waals surface area contributed by atoms with E-state index in [1.54, 1.807) is 23.5 Å². The van der Waals surface area contributed by atoms with Gasteiger partial charge in [-0.2, -0.15) is 11.8 Å². The van der Waals surface area contributed by atoms with Gasteiger partial charge < -0.3 is 10.1 Å². The molecule has 1 aromatic heterocycles. The Labute approximate surface area is 174 Å². The molecule has 3 aromatic rings. The number of rotatable bonds is 9. The van der Waals surface area contributed by atoms with Crippen molar-refractivity contribution in [3.63, 3.8) is 0 Å². The Morgan fingerprint density at radius 3 is 2.54 bits per heavy atom. The minimum atomic E-state index is -0.0578. The van der Waals surface area contributed by atoms with Gasteiger partial charge in [0.15, 0.2) is 0 Å². The summed E-state index contributed by atoms with van der Waals surface area (Å²) in [6.45, 7) is 5.15. The molecular weight excluding hydrogens is 388 g/mol. The number of nitrogens with zero attached hydrogens (tertiary/aromatic N) is 1. The molecule has 1 heterocycles. The fourth-order valence-corrected chi connectivity index (χ4v) is 3.96. The molecule has 0 saturated carbocycles. The molecule has 2 aromatic carbocycles. The lowest BCUT2D eigenvalue weighted by atomic mass is 10.2. The fourth-order valence-electron chi connectivity index (χ4n) is 2.55. The van der Waals surface area contributed by atoms with E-state index >= 15 is 0 Å². The predicted octanol–water partition coefficient (Wildman–Crippen LogP) is 5.00. The van der Waals surface area contributed by atoms with Crippen molar-refractivity contribution < 1.29 is 9.53 Å². The molecular formula is C22H24N2O2S2. The van der Waals surface area contributed by atoms with E-state index in [2.05, 4.69) is 41.5 Å². The number of aromatic nitrogens is 1. The third kappa shape index (κ3) is 6.39. The average Bonchev–Trinajstić information content (AvgIpc) is 3.13. The Balaban J connectivity index is 1.36. The van der Waals surface area contributed by atoms with Crippen LogP contribution in [0.15, 0.2) is 53.9 Å². The molecule has 0 unspecified atom stereocenters. The van der Waals surface area contributed by atoms with E-state index in [0.717, 1.165) is 28.0 Å². The number of benzene rings is 2. The summed E-state index contributed by atoms with van der Waals surface area (Å²) >= 11 is 3.43. The highest BCUT2D eigenvalue weighted by Gasteiger charge is 2.06. The number of carbonyl (C=O) groups excluding carboxylic acids is 1. The van der Waals surface area contributed by atoms with Crippen molar-refractivity contribution in [3.8, 4) is 5.75 Å². The lowest BCUT2D eigenvalue weighted by Gasteiger charge is -2.07. The van der Waals surface area contributed by atoms with Gasteiger partial charge in [-0.15, -0.1) is 11.3 Å². The number of hydrogen-bond donors (Lipinski definition) is 1. The lowest BCUT2D eigenvalue weighted by Crippen LogP contribution is -2.25. The summed E-state index contributed by atoms with van der Waals surface area (Å²) in [5.41, 5.74) is 4.15. The number of ether oxygens (including phenoxy) is 1. The number of thioether (sulfide) groups is 1. The van der Waals surface area contributed by atoms with E-state index in [-0.39, 0.29) is 5.91 Å². The van der Waals surface area contributed by atoms with E-state index in [4.69, 9.17) is 4.74 Å². The van der Waals surface area contributed by atoms with E-state index in [1.165, 1.54) is 11.1 Å². The van der Waals surface area contributed by atoms with Gasteiger partial charge in [-0.1, -0.05) is 29.8 Å². The zero-order chi connectivity index (χ0) is 19.8. The van der Waals surface area contributed by atoms with Crippen molar-refractivity contribution in [3.05, 3.63) is 81.3 Å². The Morgan fingerprint density at radius 2 is 1.86 bits per heavy atom. The van der Waals surface area contributed by atoms with Gasteiger partial charge in [0.2, 0.25) is 0 Å². The van der Waals surface area contributed by atoms with Gasteiger partial charge in [-0.25, -0.2) is 4.98 Å². The van der Waals surface area contributed by atoms with E-state index in [0.29, 0.717) is 18.7 Å². The molecule has 0 saturated heterocycles. The quantitative estimate of drug-likeness (QED) is 0.502. The predicted molar refractivity (Wildman–Crippen MR) is 117 cm³/mol. The van der Waals surface area contributed by atoms with Crippen LogP contribution in [0.2, 0.25) is 0 Å². The van der Waals surface area contributed by atoms with Crippen molar-refractivity contribution in [2.75, 3.05) is 12.3 Å². The van der Waals surface area contributed by atoms with Crippen molar-refractivity contribution in [2.45, 2.75) is 26.2 Å². The summed E-state index contributed by atoms with van der Waals surface area (Å²) in [6, 6.07) is 15.8. The topological polar surface area (TPSA) is 51.2 Å². The molecule has 0 spiro atoms. The van der Waals surface area contributed by atoms with Crippen molar-refractivity contribution >= 4 is 29.0 Å². The third-order valence-electron chi connectivity index (χ3n) is 4.09. The van der Waals surface area contributed by atoms with Gasteiger partial charge >= 0.3 is 0 Å². The number of carbonyl (C=O) groups is 1. The van der Waals surface area contributed by atoms with Gasteiger partial charge in [0.05, 0.1) is 10.7 Å². The summed E-state index contributed by atoms with van der Waals surface area (Å²) in [4.78, 5) is 16.6. The van der Waals surface area contributed by atoms with Gasteiger partial charge in [0, 0.05) is 29.0 Å². The van der Waals surface area contributed by atoms with Crippen LogP contribution in [-0.2, 0) is 12.4 Å². The molecule has 28 heavy (non-hydrogen) atoms. The third-order valence-corrected chi connectivity index (χ3v) is 5.94. The first-order chi connectivity index (χ1) is 13.6. The molecule has 0 atom stereocenters. The van der Waals surface area contributed by atoms with Crippen LogP contribution in [0.25, 0.3) is 0 Å². The highest BCUT2D eigenvalue weighted by molar-refractivity contribution is 7.98. The summed E-state index contributed by atoms with van der Waals surface area (Å²) in [7, 11) is 0. The molecule has 0 bridgehead atoms. The van der Waals surface area contributed by atoms with E-state index in [9.17, 15) is 4.79 Å². The summed E-state index contributed by atoms with van der Waals surface area (Å²) in [6.07, 6.45) is 0. The monoisotopic (exact) mass is 412 g/mol. The molecule has 0 radical (unpaired) electrons. The molecule has 0 aliphatic heterocycles. The zero-order valence-corrected chi connectivity index (χ0v) is 17.7. The number of nitrogens with one attached hydrogen (secondary N) is 1. The van der Waals surface area contributed by atoms with Gasteiger partial charge in [-0.05, 0) is 43.7 Å². The van der Waals surface area contributed by atoms with Gasteiger partial charge in [-0.3, -0.25) is 4.79 Å². The van der Waals surface area contributed by atoms with E-state index < -0.39 is 0 Å². The lowest BCUT2D eigenvalue weighted by molar-refractivity contribution is 0.0956. The van der Waals surface area contributed by atoms with E-state index in [1.807, 2.05) is 36.2 Å².